The SMILES string of the molecule is COC(=O)c1csc(CCN=[N+]=[N-])c1. The summed E-state index contributed by atoms with van der Waals surface area (Å²) in [4.78, 5) is 14.7. The molecule has 0 atom stereocenters. The molecule has 0 saturated carbocycles. The monoisotopic (exact) mass is 211 g/mol. The summed E-state index contributed by atoms with van der Waals surface area (Å²) in [5, 5.41) is 5.15. The Morgan fingerprint density at radius 1 is 1.79 bits per heavy atom. The number of hydrogen-bond acceptors (Lipinski definition) is 4. The van der Waals surface area contributed by atoms with Crippen LogP contribution in [0.2, 0.25) is 0 Å². The summed E-state index contributed by atoms with van der Waals surface area (Å²) in [6.07, 6.45) is 0.658. The molecule has 0 N–H and O–H groups in total. The number of nitrogens with zero attached hydrogens (tertiary/aromatic N) is 3. The Labute approximate surface area is 84.9 Å². The average molecular weight is 211 g/mol. The quantitative estimate of drug-likeness (QED) is 0.332. The maximum atomic E-state index is 11.1. The first kappa shape index (κ1) is 10.6. The molecular formula is C8H9N3O2S. The van der Waals surface area contributed by atoms with Gasteiger partial charge in [0.1, 0.15) is 0 Å². The van der Waals surface area contributed by atoms with Crippen molar-refractivity contribution in [1.82, 2.24) is 0 Å². The highest BCUT2D eigenvalue weighted by atomic mass is 32.1. The molecule has 0 saturated heterocycles. The van der Waals surface area contributed by atoms with Gasteiger partial charge in [0.15, 0.2) is 0 Å². The number of carbonyl (C=O) groups is 1. The lowest BCUT2D eigenvalue weighted by atomic mass is 10.3. The minimum Gasteiger partial charge on any atom is -0.465 e. The number of thiophene rings is 1. The van der Waals surface area contributed by atoms with E-state index in [4.69, 9.17) is 5.53 Å². The van der Waals surface area contributed by atoms with Crippen LogP contribution in [0, 0.1) is 0 Å². The van der Waals surface area contributed by atoms with E-state index < -0.39 is 0 Å². The van der Waals surface area contributed by atoms with E-state index in [1.54, 1.807) is 11.4 Å². The fourth-order valence-corrected chi connectivity index (χ4v) is 1.79. The number of rotatable bonds is 4. The minimum absolute atomic E-state index is 0.337. The van der Waals surface area contributed by atoms with Gasteiger partial charge in [0, 0.05) is 21.7 Å². The van der Waals surface area contributed by atoms with Crippen molar-refractivity contribution in [2.75, 3.05) is 13.7 Å². The Morgan fingerprint density at radius 3 is 3.21 bits per heavy atom. The Bertz CT molecular complexity index is 368. The molecule has 1 rings (SSSR count). The van der Waals surface area contributed by atoms with Crippen molar-refractivity contribution in [2.24, 2.45) is 5.11 Å². The molecule has 0 spiro atoms. The van der Waals surface area contributed by atoms with Gasteiger partial charge in [-0.1, -0.05) is 5.11 Å². The van der Waals surface area contributed by atoms with Crippen molar-refractivity contribution < 1.29 is 9.53 Å². The van der Waals surface area contributed by atoms with Gasteiger partial charge < -0.3 is 4.74 Å². The van der Waals surface area contributed by atoms with E-state index in [0.717, 1.165) is 4.88 Å². The zero-order valence-electron chi connectivity index (χ0n) is 7.64. The van der Waals surface area contributed by atoms with Crippen molar-refractivity contribution in [3.8, 4) is 0 Å². The lowest BCUT2D eigenvalue weighted by Gasteiger charge is -1.92. The first-order valence-corrected chi connectivity index (χ1v) is 4.82. The van der Waals surface area contributed by atoms with E-state index in [0.29, 0.717) is 18.5 Å². The molecule has 0 aromatic carbocycles. The lowest BCUT2D eigenvalue weighted by Crippen LogP contribution is -1.98. The van der Waals surface area contributed by atoms with Crippen molar-refractivity contribution in [3.05, 3.63) is 32.3 Å². The highest BCUT2D eigenvalue weighted by Gasteiger charge is 2.07. The Hall–Kier alpha value is -1.52. The van der Waals surface area contributed by atoms with Crippen molar-refractivity contribution in [2.45, 2.75) is 6.42 Å². The number of methoxy groups -OCH3 is 1. The number of ether oxygens (including phenoxy) is 1. The van der Waals surface area contributed by atoms with Crippen LogP contribution in [-0.4, -0.2) is 19.6 Å². The van der Waals surface area contributed by atoms with Crippen LogP contribution in [0.5, 0.6) is 0 Å². The minimum atomic E-state index is -0.337. The predicted octanol–water partition coefficient (Wildman–Crippen LogP) is 2.39. The molecule has 0 fully saturated rings. The highest BCUT2D eigenvalue weighted by Crippen LogP contribution is 2.16. The third kappa shape index (κ3) is 2.76. The molecule has 1 heterocycles. The summed E-state index contributed by atoms with van der Waals surface area (Å²) in [7, 11) is 1.35. The normalized spacial score (nSPS) is 9.21. The second-order valence-corrected chi connectivity index (χ2v) is 3.49. The first-order valence-electron chi connectivity index (χ1n) is 3.94. The van der Waals surface area contributed by atoms with E-state index >= 15 is 0 Å². The molecule has 0 aliphatic carbocycles. The molecule has 0 amide bonds. The molecule has 14 heavy (non-hydrogen) atoms. The van der Waals surface area contributed by atoms with Gasteiger partial charge in [0.2, 0.25) is 0 Å². The third-order valence-corrected chi connectivity index (χ3v) is 2.59. The van der Waals surface area contributed by atoms with Gasteiger partial charge in [-0.3, -0.25) is 0 Å². The Kier molecular flexibility index (Phi) is 3.97. The number of carbonyl (C=O) groups excluding carboxylic acids is 1. The maximum Gasteiger partial charge on any atom is 0.338 e. The van der Waals surface area contributed by atoms with Gasteiger partial charge in [-0.15, -0.1) is 11.3 Å². The fourth-order valence-electron chi connectivity index (χ4n) is 0.942. The Morgan fingerprint density at radius 2 is 2.57 bits per heavy atom. The van der Waals surface area contributed by atoms with Gasteiger partial charge in [0.25, 0.3) is 0 Å². The largest absolute Gasteiger partial charge is 0.465 e. The van der Waals surface area contributed by atoms with E-state index in [9.17, 15) is 4.79 Å². The number of azide groups is 1. The van der Waals surface area contributed by atoms with E-state index in [1.807, 2.05) is 0 Å². The van der Waals surface area contributed by atoms with Crippen LogP contribution in [-0.2, 0) is 11.2 Å². The van der Waals surface area contributed by atoms with Crippen LogP contribution in [0.1, 0.15) is 15.2 Å². The molecular weight excluding hydrogens is 202 g/mol. The third-order valence-electron chi connectivity index (χ3n) is 1.60. The maximum absolute atomic E-state index is 11.1. The number of esters is 1. The summed E-state index contributed by atoms with van der Waals surface area (Å²) in [5.74, 6) is -0.337. The van der Waals surface area contributed by atoms with Crippen molar-refractivity contribution in [3.63, 3.8) is 0 Å². The van der Waals surface area contributed by atoms with Gasteiger partial charge in [0.05, 0.1) is 12.7 Å². The second-order valence-electron chi connectivity index (χ2n) is 2.50. The van der Waals surface area contributed by atoms with Gasteiger partial charge in [-0.2, -0.15) is 0 Å². The molecule has 0 radical (unpaired) electrons. The Balaban J connectivity index is 2.59. The number of hydrogen-bond donors (Lipinski definition) is 0. The standard InChI is InChI=1S/C8H9N3O2S/c1-13-8(12)6-4-7(14-5-6)2-3-10-11-9/h4-5H,2-3H2,1H3. The van der Waals surface area contributed by atoms with Crippen LogP contribution < -0.4 is 0 Å². The van der Waals surface area contributed by atoms with Crippen LogP contribution in [0.3, 0.4) is 0 Å². The molecule has 0 unspecified atom stereocenters. The van der Waals surface area contributed by atoms with Crippen LogP contribution in [0.15, 0.2) is 16.6 Å². The van der Waals surface area contributed by atoms with Gasteiger partial charge in [-0.05, 0) is 18.0 Å². The smallest absolute Gasteiger partial charge is 0.338 e. The van der Waals surface area contributed by atoms with Gasteiger partial charge >= 0.3 is 5.97 Å². The summed E-state index contributed by atoms with van der Waals surface area (Å²) >= 11 is 1.46. The van der Waals surface area contributed by atoms with Crippen LogP contribution in [0.25, 0.3) is 10.4 Å². The van der Waals surface area contributed by atoms with Gasteiger partial charge in [-0.25, -0.2) is 4.79 Å². The molecule has 74 valence electrons. The average Bonchev–Trinajstić information content (AvgIpc) is 2.66. The second kappa shape index (κ2) is 5.26. The van der Waals surface area contributed by atoms with E-state index in [2.05, 4.69) is 14.8 Å². The fraction of sp³-hybridized carbons (Fsp3) is 0.375. The van der Waals surface area contributed by atoms with E-state index in [1.165, 1.54) is 18.4 Å². The van der Waals surface area contributed by atoms with Crippen LogP contribution in [0.4, 0.5) is 0 Å². The molecule has 0 aliphatic heterocycles. The zero-order chi connectivity index (χ0) is 10.4. The lowest BCUT2D eigenvalue weighted by molar-refractivity contribution is 0.0601. The summed E-state index contributed by atoms with van der Waals surface area (Å²) in [6.45, 7) is 0.414. The summed E-state index contributed by atoms with van der Waals surface area (Å²) in [6, 6.07) is 1.75. The molecule has 0 bridgehead atoms. The predicted molar refractivity (Wildman–Crippen MR) is 53.4 cm³/mol. The van der Waals surface area contributed by atoms with Crippen molar-refractivity contribution in [1.29, 1.82) is 0 Å². The highest BCUT2D eigenvalue weighted by molar-refractivity contribution is 7.10. The summed E-state index contributed by atoms with van der Waals surface area (Å²) < 4.78 is 4.56. The first-order chi connectivity index (χ1) is 6.77. The van der Waals surface area contributed by atoms with Crippen molar-refractivity contribution >= 4 is 17.3 Å². The topological polar surface area (TPSA) is 75.1 Å². The molecule has 0 aliphatic rings. The molecule has 5 nitrogen and oxygen atoms in total. The van der Waals surface area contributed by atoms with Crippen LogP contribution >= 0.6 is 11.3 Å². The molecule has 1 aromatic rings. The zero-order valence-corrected chi connectivity index (χ0v) is 8.45. The molecule has 1 aromatic heterocycles. The molecule has 6 heteroatoms. The summed E-state index contributed by atoms with van der Waals surface area (Å²) in [5.41, 5.74) is 8.61. The van der Waals surface area contributed by atoms with E-state index in [-0.39, 0.29) is 5.97 Å².